The normalized spacial score (nSPS) is 15.4. The molecule has 0 bridgehead atoms. The van der Waals surface area contributed by atoms with Crippen LogP contribution < -0.4 is 5.32 Å². The molecule has 27 heavy (non-hydrogen) atoms. The maximum atomic E-state index is 12.6. The zero-order valence-electron chi connectivity index (χ0n) is 15.1. The molecule has 1 aromatic carbocycles. The third kappa shape index (κ3) is 3.38. The van der Waals surface area contributed by atoms with Crippen LogP contribution >= 0.6 is 0 Å². The van der Waals surface area contributed by atoms with E-state index in [1.165, 1.54) is 5.56 Å². The van der Waals surface area contributed by atoms with Gasteiger partial charge in [-0.1, -0.05) is 30.8 Å². The summed E-state index contributed by atoms with van der Waals surface area (Å²) in [5, 5.41) is 7.16. The number of pyridine rings is 1. The summed E-state index contributed by atoms with van der Waals surface area (Å²) in [5.74, 6) is 1.14. The number of nitrogens with zero attached hydrogens (tertiary/aromatic N) is 3. The standard InChI is InChI=1S/C21H20N4O2/c1-3-16-12-15(9-10-22-16)21(26)23-18-8-6-13-11-14(5-7-17(13)18)20-24-19(4-2)27-25-20/h3,5,7,9-12,18H,1,4,6,8H2,2H3,(H,23,26). The lowest BCUT2D eigenvalue weighted by Crippen LogP contribution is -2.27. The van der Waals surface area contributed by atoms with E-state index in [9.17, 15) is 4.79 Å². The Bertz CT molecular complexity index is 1010. The first kappa shape index (κ1) is 17.1. The summed E-state index contributed by atoms with van der Waals surface area (Å²) in [5.41, 5.74) is 4.56. The molecule has 1 N–H and O–H groups in total. The van der Waals surface area contributed by atoms with Gasteiger partial charge in [-0.25, -0.2) is 0 Å². The van der Waals surface area contributed by atoms with Gasteiger partial charge in [0.15, 0.2) is 0 Å². The molecule has 4 rings (SSSR count). The molecule has 0 fully saturated rings. The zero-order chi connectivity index (χ0) is 18.8. The minimum atomic E-state index is -0.104. The molecule has 0 saturated heterocycles. The van der Waals surface area contributed by atoms with Gasteiger partial charge in [0.1, 0.15) is 0 Å². The average Bonchev–Trinajstić information content (AvgIpc) is 3.35. The lowest BCUT2D eigenvalue weighted by Gasteiger charge is -2.14. The van der Waals surface area contributed by atoms with Crippen LogP contribution in [0.5, 0.6) is 0 Å². The second kappa shape index (κ2) is 7.15. The van der Waals surface area contributed by atoms with Crippen molar-refractivity contribution in [2.45, 2.75) is 32.2 Å². The molecule has 136 valence electrons. The number of hydrogen-bond acceptors (Lipinski definition) is 5. The molecule has 6 nitrogen and oxygen atoms in total. The summed E-state index contributed by atoms with van der Waals surface area (Å²) in [6.07, 6.45) is 5.74. The fraction of sp³-hybridized carbons (Fsp3) is 0.238. The Labute approximate surface area is 157 Å². The minimum Gasteiger partial charge on any atom is -0.345 e. The Kier molecular flexibility index (Phi) is 4.54. The van der Waals surface area contributed by atoms with Crippen molar-refractivity contribution in [3.63, 3.8) is 0 Å². The SMILES string of the molecule is C=Cc1cc(C(=O)NC2CCc3cc(-c4noc(CC)n4)ccc32)ccn1. The molecule has 6 heteroatoms. The van der Waals surface area contributed by atoms with E-state index in [2.05, 4.69) is 33.1 Å². The predicted octanol–water partition coefficient (Wildman–Crippen LogP) is 3.75. The molecule has 0 saturated carbocycles. The van der Waals surface area contributed by atoms with Crippen molar-refractivity contribution in [3.05, 3.63) is 71.4 Å². The van der Waals surface area contributed by atoms with Crippen LogP contribution in [-0.2, 0) is 12.8 Å². The van der Waals surface area contributed by atoms with Crippen LogP contribution in [0.2, 0.25) is 0 Å². The Morgan fingerprint density at radius 2 is 2.26 bits per heavy atom. The first-order valence-corrected chi connectivity index (χ1v) is 9.03. The van der Waals surface area contributed by atoms with Crippen LogP contribution in [0.15, 0.2) is 47.6 Å². The number of rotatable bonds is 5. The predicted molar refractivity (Wildman–Crippen MR) is 102 cm³/mol. The van der Waals surface area contributed by atoms with Gasteiger partial charge in [0.05, 0.1) is 11.7 Å². The fourth-order valence-electron chi connectivity index (χ4n) is 3.37. The van der Waals surface area contributed by atoms with Crippen LogP contribution in [0.1, 0.15) is 52.5 Å². The van der Waals surface area contributed by atoms with Crippen molar-refractivity contribution >= 4 is 12.0 Å². The van der Waals surface area contributed by atoms with Crippen LogP contribution in [-0.4, -0.2) is 21.0 Å². The molecule has 1 atom stereocenters. The smallest absolute Gasteiger partial charge is 0.251 e. The molecule has 0 spiro atoms. The molecule has 3 aromatic rings. The molecule has 2 aromatic heterocycles. The van der Waals surface area contributed by atoms with Gasteiger partial charge < -0.3 is 9.84 Å². The number of aromatic nitrogens is 3. The summed E-state index contributed by atoms with van der Waals surface area (Å²) >= 11 is 0. The van der Waals surface area contributed by atoms with Crippen molar-refractivity contribution in [2.75, 3.05) is 0 Å². The molecular formula is C21H20N4O2. The number of hydrogen-bond donors (Lipinski definition) is 1. The second-order valence-electron chi connectivity index (χ2n) is 6.52. The summed E-state index contributed by atoms with van der Waals surface area (Å²) in [6.45, 7) is 5.67. The Morgan fingerprint density at radius 3 is 3.04 bits per heavy atom. The minimum absolute atomic E-state index is 0.00151. The Balaban J connectivity index is 1.53. The van der Waals surface area contributed by atoms with Crippen LogP contribution in [0.4, 0.5) is 0 Å². The Hall–Kier alpha value is -3.28. The largest absolute Gasteiger partial charge is 0.345 e. The maximum absolute atomic E-state index is 12.6. The number of aryl methyl sites for hydroxylation is 2. The monoisotopic (exact) mass is 360 g/mol. The van der Waals surface area contributed by atoms with Gasteiger partial charge in [-0.3, -0.25) is 9.78 Å². The lowest BCUT2D eigenvalue weighted by atomic mass is 10.0. The van der Waals surface area contributed by atoms with E-state index in [0.29, 0.717) is 29.4 Å². The van der Waals surface area contributed by atoms with E-state index < -0.39 is 0 Å². The van der Waals surface area contributed by atoms with Crippen molar-refractivity contribution in [2.24, 2.45) is 0 Å². The van der Waals surface area contributed by atoms with Crippen molar-refractivity contribution < 1.29 is 9.32 Å². The number of carbonyl (C=O) groups excluding carboxylic acids is 1. The zero-order valence-corrected chi connectivity index (χ0v) is 15.1. The number of amides is 1. The first-order chi connectivity index (χ1) is 13.2. The maximum Gasteiger partial charge on any atom is 0.251 e. The van der Waals surface area contributed by atoms with E-state index in [0.717, 1.165) is 24.0 Å². The number of benzene rings is 1. The first-order valence-electron chi connectivity index (χ1n) is 9.03. The van der Waals surface area contributed by atoms with E-state index in [1.807, 2.05) is 19.1 Å². The van der Waals surface area contributed by atoms with E-state index in [1.54, 1.807) is 24.4 Å². The lowest BCUT2D eigenvalue weighted by molar-refractivity contribution is 0.0936. The van der Waals surface area contributed by atoms with E-state index in [4.69, 9.17) is 4.52 Å². The van der Waals surface area contributed by atoms with E-state index >= 15 is 0 Å². The molecule has 1 aliphatic carbocycles. The third-order valence-corrected chi connectivity index (χ3v) is 4.81. The van der Waals surface area contributed by atoms with Crippen LogP contribution in [0.25, 0.3) is 17.5 Å². The number of carbonyl (C=O) groups is 1. The van der Waals surface area contributed by atoms with Gasteiger partial charge in [-0.2, -0.15) is 4.98 Å². The van der Waals surface area contributed by atoms with Gasteiger partial charge in [0, 0.05) is 23.7 Å². The van der Waals surface area contributed by atoms with Crippen molar-refractivity contribution in [1.29, 1.82) is 0 Å². The topological polar surface area (TPSA) is 80.9 Å². The van der Waals surface area contributed by atoms with Gasteiger partial charge >= 0.3 is 0 Å². The van der Waals surface area contributed by atoms with E-state index in [-0.39, 0.29) is 11.9 Å². The highest BCUT2D eigenvalue weighted by Crippen LogP contribution is 2.34. The summed E-state index contributed by atoms with van der Waals surface area (Å²) in [4.78, 5) is 21.1. The molecule has 0 radical (unpaired) electrons. The van der Waals surface area contributed by atoms with Gasteiger partial charge in [0.25, 0.3) is 5.91 Å². The molecule has 1 amide bonds. The fourth-order valence-corrected chi connectivity index (χ4v) is 3.37. The summed E-state index contributed by atoms with van der Waals surface area (Å²) in [6, 6.07) is 9.57. The highest BCUT2D eigenvalue weighted by atomic mass is 16.5. The third-order valence-electron chi connectivity index (χ3n) is 4.81. The van der Waals surface area contributed by atoms with Gasteiger partial charge in [-0.05, 0) is 48.2 Å². The van der Waals surface area contributed by atoms with Crippen molar-refractivity contribution in [3.8, 4) is 11.4 Å². The molecule has 2 heterocycles. The highest BCUT2D eigenvalue weighted by molar-refractivity contribution is 5.94. The van der Waals surface area contributed by atoms with Crippen molar-refractivity contribution in [1.82, 2.24) is 20.4 Å². The quantitative estimate of drug-likeness (QED) is 0.749. The molecule has 1 aliphatic rings. The van der Waals surface area contributed by atoms with Gasteiger partial charge in [-0.15, -0.1) is 0 Å². The number of fused-ring (bicyclic) bond motifs is 1. The number of nitrogens with one attached hydrogen (secondary N) is 1. The molecular weight excluding hydrogens is 340 g/mol. The van der Waals surface area contributed by atoms with Gasteiger partial charge in [0.2, 0.25) is 11.7 Å². The summed E-state index contributed by atoms with van der Waals surface area (Å²) in [7, 11) is 0. The molecule has 1 unspecified atom stereocenters. The molecule has 0 aliphatic heterocycles. The Morgan fingerprint density at radius 1 is 1.37 bits per heavy atom. The van der Waals surface area contributed by atoms with Crippen LogP contribution in [0, 0.1) is 0 Å². The highest BCUT2D eigenvalue weighted by Gasteiger charge is 2.25. The second-order valence-corrected chi connectivity index (χ2v) is 6.52. The average molecular weight is 360 g/mol. The van der Waals surface area contributed by atoms with Crippen LogP contribution in [0.3, 0.4) is 0 Å². The summed E-state index contributed by atoms with van der Waals surface area (Å²) < 4.78 is 5.20.